The molecule has 0 spiro atoms. The molecule has 3 aromatic heterocycles. The Balaban J connectivity index is 1.53. The number of aromatic amines is 1. The van der Waals surface area contributed by atoms with E-state index in [1.807, 2.05) is 18.2 Å². The number of aliphatic hydroxyl groups is 1. The zero-order valence-electron chi connectivity index (χ0n) is 17.9. The molecule has 1 aliphatic carbocycles. The number of nitrogens with one attached hydrogen (secondary N) is 2. The van der Waals surface area contributed by atoms with Crippen molar-refractivity contribution in [3.05, 3.63) is 55.8 Å². The van der Waals surface area contributed by atoms with Crippen molar-refractivity contribution in [1.82, 2.24) is 23.7 Å². The molecule has 0 radical (unpaired) electrons. The van der Waals surface area contributed by atoms with Gasteiger partial charge in [0.15, 0.2) is 11.2 Å². The summed E-state index contributed by atoms with van der Waals surface area (Å²) in [6.45, 7) is 0.658. The normalized spacial score (nSPS) is 18.8. The molecule has 1 aromatic carbocycles. The van der Waals surface area contributed by atoms with Crippen LogP contribution >= 0.6 is 11.6 Å². The maximum atomic E-state index is 13.3. The van der Waals surface area contributed by atoms with Gasteiger partial charge in [-0.05, 0) is 31.0 Å². The Morgan fingerprint density at radius 2 is 2.06 bits per heavy atom. The number of fused-ring (bicyclic) bond motifs is 2. The largest absolute Gasteiger partial charge is 0.393 e. The number of nitrogens with zero attached hydrogens (tertiary/aromatic N) is 4. The van der Waals surface area contributed by atoms with Crippen LogP contribution in [0.15, 0.2) is 33.9 Å². The van der Waals surface area contributed by atoms with E-state index in [0.29, 0.717) is 34.4 Å². The average molecular weight is 457 g/mol. The maximum Gasteiger partial charge on any atom is 0.332 e. The van der Waals surface area contributed by atoms with Crippen LogP contribution in [0.5, 0.6) is 0 Å². The Bertz CT molecular complexity index is 1450. The topological polar surface area (TPSA) is 110 Å². The first-order valence-corrected chi connectivity index (χ1v) is 11.1. The fourth-order valence-electron chi connectivity index (χ4n) is 4.65. The van der Waals surface area contributed by atoms with Crippen molar-refractivity contribution in [2.24, 2.45) is 20.0 Å². The molecule has 2 atom stereocenters. The highest BCUT2D eigenvalue weighted by Crippen LogP contribution is 2.26. The summed E-state index contributed by atoms with van der Waals surface area (Å²) in [5.74, 6) is 0.658. The highest BCUT2D eigenvalue weighted by atomic mass is 35.5. The fourth-order valence-corrected chi connectivity index (χ4v) is 4.88. The number of aryl methyl sites for hydroxylation is 2. The fraction of sp³-hybridized carbons (Fsp3) is 0.409. The monoisotopic (exact) mass is 456 g/mol. The third kappa shape index (κ3) is 3.32. The number of H-pyrrole nitrogens is 1. The summed E-state index contributed by atoms with van der Waals surface area (Å²) in [7, 11) is 3.36. The van der Waals surface area contributed by atoms with E-state index in [2.05, 4.69) is 15.3 Å². The van der Waals surface area contributed by atoms with E-state index in [4.69, 9.17) is 11.6 Å². The van der Waals surface area contributed by atoms with Gasteiger partial charge in [-0.15, -0.1) is 0 Å². The number of aromatic nitrogens is 5. The highest BCUT2D eigenvalue weighted by Gasteiger charge is 2.26. The standard InChI is InChI=1S/C22H25ClN6O3/c1-27-18-19(26-21(27)24-10-12-5-3-8-17(12)30)28(2)22(32)29(20(18)31)11-13-9-14-15(23)6-4-7-16(14)25-13/h4,6-7,9,12,17,25,30H,3,5,8,10-11H2,1-2H3,(H,24,26)/t12?,17-/m0/s1. The Morgan fingerprint density at radius 1 is 1.25 bits per heavy atom. The molecule has 0 saturated heterocycles. The van der Waals surface area contributed by atoms with Crippen LogP contribution in [0.25, 0.3) is 22.1 Å². The zero-order valence-corrected chi connectivity index (χ0v) is 18.7. The van der Waals surface area contributed by atoms with Gasteiger partial charge in [0.1, 0.15) is 0 Å². The van der Waals surface area contributed by atoms with Gasteiger partial charge in [-0.3, -0.25) is 13.9 Å². The first-order chi connectivity index (χ1) is 15.3. The molecule has 32 heavy (non-hydrogen) atoms. The van der Waals surface area contributed by atoms with Gasteiger partial charge < -0.3 is 20.0 Å². The van der Waals surface area contributed by atoms with E-state index >= 15 is 0 Å². The van der Waals surface area contributed by atoms with E-state index in [-0.39, 0.29) is 18.6 Å². The first kappa shape index (κ1) is 20.8. The summed E-state index contributed by atoms with van der Waals surface area (Å²) in [5.41, 5.74) is 1.38. The molecular formula is C22H25ClN6O3. The van der Waals surface area contributed by atoms with Crippen LogP contribution < -0.4 is 16.6 Å². The zero-order chi connectivity index (χ0) is 22.6. The molecule has 1 unspecified atom stereocenters. The quantitative estimate of drug-likeness (QED) is 0.426. The molecule has 10 heteroatoms. The summed E-state index contributed by atoms with van der Waals surface area (Å²) in [5, 5.41) is 14.8. The van der Waals surface area contributed by atoms with Crippen molar-refractivity contribution in [3.63, 3.8) is 0 Å². The third-order valence-corrected chi connectivity index (χ3v) is 6.83. The van der Waals surface area contributed by atoms with Crippen LogP contribution in [0.2, 0.25) is 5.02 Å². The molecule has 3 heterocycles. The first-order valence-electron chi connectivity index (χ1n) is 10.7. The van der Waals surface area contributed by atoms with Crippen molar-refractivity contribution >= 4 is 39.6 Å². The summed E-state index contributed by atoms with van der Waals surface area (Å²) in [6, 6.07) is 7.40. The van der Waals surface area contributed by atoms with Crippen molar-refractivity contribution in [3.8, 4) is 0 Å². The number of halogens is 1. The van der Waals surface area contributed by atoms with Crippen molar-refractivity contribution < 1.29 is 5.11 Å². The number of hydrogen-bond acceptors (Lipinski definition) is 5. The molecule has 5 rings (SSSR count). The minimum absolute atomic E-state index is 0.0919. The number of aliphatic hydroxyl groups excluding tert-OH is 1. The summed E-state index contributed by atoms with van der Waals surface area (Å²) in [4.78, 5) is 34.1. The Hall–Kier alpha value is -3.04. The lowest BCUT2D eigenvalue weighted by molar-refractivity contribution is 0.138. The molecular weight excluding hydrogens is 432 g/mol. The average Bonchev–Trinajstić information content (AvgIpc) is 3.46. The van der Waals surface area contributed by atoms with Crippen molar-refractivity contribution in [2.75, 3.05) is 11.9 Å². The van der Waals surface area contributed by atoms with Gasteiger partial charge in [-0.1, -0.05) is 24.1 Å². The lowest BCUT2D eigenvalue weighted by Gasteiger charge is -2.15. The molecule has 1 saturated carbocycles. The van der Waals surface area contributed by atoms with E-state index < -0.39 is 11.2 Å². The van der Waals surface area contributed by atoms with Gasteiger partial charge in [0.05, 0.1) is 12.6 Å². The number of rotatable bonds is 5. The predicted molar refractivity (Wildman–Crippen MR) is 124 cm³/mol. The molecule has 0 aliphatic heterocycles. The second kappa shape index (κ2) is 7.83. The smallest absolute Gasteiger partial charge is 0.332 e. The van der Waals surface area contributed by atoms with Crippen LogP contribution in [0.4, 0.5) is 5.95 Å². The van der Waals surface area contributed by atoms with Gasteiger partial charge >= 0.3 is 5.69 Å². The number of anilines is 1. The van der Waals surface area contributed by atoms with Crippen LogP contribution in [0.3, 0.4) is 0 Å². The van der Waals surface area contributed by atoms with Crippen LogP contribution in [0, 0.1) is 5.92 Å². The van der Waals surface area contributed by atoms with Crippen LogP contribution in [-0.2, 0) is 20.6 Å². The molecule has 0 amide bonds. The van der Waals surface area contributed by atoms with Gasteiger partial charge in [-0.2, -0.15) is 4.98 Å². The minimum Gasteiger partial charge on any atom is -0.393 e. The van der Waals surface area contributed by atoms with E-state index in [9.17, 15) is 14.7 Å². The molecule has 9 nitrogen and oxygen atoms in total. The Labute approximate surface area is 188 Å². The molecule has 0 bridgehead atoms. The van der Waals surface area contributed by atoms with Gasteiger partial charge in [0.25, 0.3) is 5.56 Å². The van der Waals surface area contributed by atoms with Gasteiger partial charge in [0, 0.05) is 48.2 Å². The highest BCUT2D eigenvalue weighted by molar-refractivity contribution is 6.35. The van der Waals surface area contributed by atoms with Crippen molar-refractivity contribution in [1.29, 1.82) is 0 Å². The summed E-state index contributed by atoms with van der Waals surface area (Å²) >= 11 is 6.26. The lowest BCUT2D eigenvalue weighted by atomic mass is 10.1. The van der Waals surface area contributed by atoms with Gasteiger partial charge in [-0.25, -0.2) is 4.79 Å². The second-order valence-corrected chi connectivity index (χ2v) is 8.94. The van der Waals surface area contributed by atoms with Crippen LogP contribution in [-0.4, -0.2) is 41.4 Å². The summed E-state index contributed by atoms with van der Waals surface area (Å²) < 4.78 is 4.27. The third-order valence-electron chi connectivity index (χ3n) is 6.50. The minimum atomic E-state index is -0.442. The molecule has 168 valence electrons. The van der Waals surface area contributed by atoms with E-state index in [1.165, 1.54) is 9.13 Å². The number of benzene rings is 1. The molecule has 1 aliphatic rings. The Morgan fingerprint density at radius 3 is 2.78 bits per heavy atom. The maximum absolute atomic E-state index is 13.3. The lowest BCUT2D eigenvalue weighted by Crippen LogP contribution is -2.39. The number of imidazole rings is 1. The van der Waals surface area contributed by atoms with E-state index in [1.54, 1.807) is 24.7 Å². The van der Waals surface area contributed by atoms with E-state index in [0.717, 1.165) is 30.2 Å². The van der Waals surface area contributed by atoms with Crippen LogP contribution in [0.1, 0.15) is 25.0 Å². The van der Waals surface area contributed by atoms with Gasteiger partial charge in [0.2, 0.25) is 5.95 Å². The Kier molecular flexibility index (Phi) is 5.10. The molecule has 3 N–H and O–H groups in total. The summed E-state index contributed by atoms with van der Waals surface area (Å²) in [6.07, 6.45) is 2.46. The predicted octanol–water partition coefficient (Wildman–Crippen LogP) is 2.19. The SMILES string of the molecule is Cn1c(NCC2CCC[C@@H]2O)nc2c1c(=O)n(Cc1cc3c(Cl)cccc3[nH]1)c(=O)n2C. The second-order valence-electron chi connectivity index (χ2n) is 8.53. The van der Waals surface area contributed by atoms with Crippen molar-refractivity contribution in [2.45, 2.75) is 31.9 Å². The number of hydrogen-bond donors (Lipinski definition) is 3. The molecule has 4 aromatic rings. The molecule has 1 fully saturated rings.